The van der Waals surface area contributed by atoms with Gasteiger partial charge in [0.25, 0.3) is 0 Å². The van der Waals surface area contributed by atoms with Crippen LogP contribution in [0.25, 0.3) is 0 Å². The molecular formula is C21H19N3O3. The third-order valence-corrected chi connectivity index (χ3v) is 5.20. The Hall–Kier alpha value is -3.33. The molecule has 2 aromatic rings. The van der Waals surface area contributed by atoms with Crippen LogP contribution in [0.3, 0.4) is 0 Å². The molecule has 4 rings (SSSR count). The lowest BCUT2D eigenvalue weighted by atomic mass is 10.1. The maximum absolute atomic E-state index is 12.9. The summed E-state index contributed by atoms with van der Waals surface area (Å²) in [5.74, 6) is 1.16. The van der Waals surface area contributed by atoms with E-state index in [0.29, 0.717) is 29.3 Å². The minimum Gasteiger partial charge on any atom is -0.497 e. The lowest BCUT2D eigenvalue weighted by Crippen LogP contribution is -2.42. The van der Waals surface area contributed by atoms with E-state index in [2.05, 4.69) is 11.4 Å². The summed E-state index contributed by atoms with van der Waals surface area (Å²) < 4.78 is 5.18. The topological polar surface area (TPSA) is 82.4 Å². The lowest BCUT2D eigenvalue weighted by Gasteiger charge is -2.29. The molecule has 1 heterocycles. The van der Waals surface area contributed by atoms with Gasteiger partial charge in [-0.1, -0.05) is 12.1 Å². The van der Waals surface area contributed by atoms with E-state index in [1.807, 2.05) is 24.3 Å². The van der Waals surface area contributed by atoms with Gasteiger partial charge >= 0.3 is 0 Å². The number of nitrogens with one attached hydrogen (secondary N) is 1. The molecule has 1 fully saturated rings. The molecule has 2 atom stereocenters. The van der Waals surface area contributed by atoms with E-state index in [4.69, 9.17) is 10.00 Å². The number of nitriles is 1. The summed E-state index contributed by atoms with van der Waals surface area (Å²) in [6.07, 6.45) is 1.35. The first kappa shape index (κ1) is 17.1. The number of carbonyl (C=O) groups is 2. The van der Waals surface area contributed by atoms with Crippen molar-refractivity contribution in [3.05, 3.63) is 53.6 Å². The number of hydrogen-bond donors (Lipinski definition) is 1. The van der Waals surface area contributed by atoms with Crippen LogP contribution in [-0.4, -0.2) is 25.5 Å². The molecule has 1 N–H and O–H groups in total. The van der Waals surface area contributed by atoms with Crippen molar-refractivity contribution >= 4 is 23.2 Å². The number of rotatable bonds is 4. The van der Waals surface area contributed by atoms with Crippen molar-refractivity contribution in [3.63, 3.8) is 0 Å². The second kappa shape index (κ2) is 6.76. The van der Waals surface area contributed by atoms with Gasteiger partial charge in [-0.3, -0.25) is 9.59 Å². The molecule has 0 saturated heterocycles. The van der Waals surface area contributed by atoms with Gasteiger partial charge in [-0.05, 0) is 54.2 Å². The highest BCUT2D eigenvalue weighted by atomic mass is 16.5. The van der Waals surface area contributed by atoms with Gasteiger partial charge in [0, 0.05) is 6.42 Å². The molecule has 1 aliphatic carbocycles. The zero-order chi connectivity index (χ0) is 19.0. The predicted molar refractivity (Wildman–Crippen MR) is 101 cm³/mol. The number of hydrogen-bond acceptors (Lipinski definition) is 4. The number of amides is 2. The highest BCUT2D eigenvalue weighted by Crippen LogP contribution is 2.50. The molecule has 2 aromatic carbocycles. The van der Waals surface area contributed by atoms with E-state index in [-0.39, 0.29) is 24.3 Å². The SMILES string of the molecule is COc1ccc([C@@H]2C[C@H]2CC(=O)N2CC(=O)Nc3ccc(C#N)cc32)cc1. The molecule has 136 valence electrons. The van der Waals surface area contributed by atoms with Gasteiger partial charge in [-0.15, -0.1) is 0 Å². The molecule has 2 amide bonds. The number of fused-ring (bicyclic) bond motifs is 1. The van der Waals surface area contributed by atoms with E-state index >= 15 is 0 Å². The molecule has 6 nitrogen and oxygen atoms in total. The van der Waals surface area contributed by atoms with E-state index in [1.54, 1.807) is 25.3 Å². The van der Waals surface area contributed by atoms with Crippen molar-refractivity contribution in [1.82, 2.24) is 0 Å². The average molecular weight is 361 g/mol. The summed E-state index contributed by atoms with van der Waals surface area (Å²) >= 11 is 0. The van der Waals surface area contributed by atoms with Crippen LogP contribution in [0.4, 0.5) is 11.4 Å². The smallest absolute Gasteiger partial charge is 0.244 e. The second-order valence-corrected chi connectivity index (χ2v) is 6.95. The quantitative estimate of drug-likeness (QED) is 0.907. The van der Waals surface area contributed by atoms with Crippen molar-refractivity contribution in [3.8, 4) is 11.8 Å². The maximum Gasteiger partial charge on any atom is 0.244 e. The summed E-state index contributed by atoms with van der Waals surface area (Å²) in [6, 6.07) is 15.0. The molecule has 0 radical (unpaired) electrons. The van der Waals surface area contributed by atoms with Gasteiger partial charge in [0.2, 0.25) is 11.8 Å². The van der Waals surface area contributed by atoms with Crippen LogP contribution in [0.2, 0.25) is 0 Å². The van der Waals surface area contributed by atoms with Gasteiger partial charge in [-0.2, -0.15) is 5.26 Å². The number of anilines is 2. The number of carbonyl (C=O) groups excluding carboxylic acids is 2. The molecule has 1 aliphatic heterocycles. The van der Waals surface area contributed by atoms with Crippen LogP contribution in [-0.2, 0) is 9.59 Å². The van der Waals surface area contributed by atoms with Crippen molar-refractivity contribution < 1.29 is 14.3 Å². The molecule has 2 aliphatic rings. The van der Waals surface area contributed by atoms with Crippen LogP contribution < -0.4 is 15.0 Å². The number of ether oxygens (including phenoxy) is 1. The van der Waals surface area contributed by atoms with Crippen molar-refractivity contribution in [2.45, 2.75) is 18.8 Å². The Labute approximate surface area is 157 Å². The monoisotopic (exact) mass is 361 g/mol. The number of benzene rings is 2. The third kappa shape index (κ3) is 3.36. The molecule has 0 aromatic heterocycles. The fraction of sp³-hybridized carbons (Fsp3) is 0.286. The van der Waals surface area contributed by atoms with Gasteiger partial charge in [-0.25, -0.2) is 0 Å². The first-order valence-electron chi connectivity index (χ1n) is 8.87. The van der Waals surface area contributed by atoms with Gasteiger partial charge < -0.3 is 15.0 Å². The Morgan fingerprint density at radius 2 is 2.07 bits per heavy atom. The summed E-state index contributed by atoms with van der Waals surface area (Å²) in [7, 11) is 1.64. The first-order chi connectivity index (χ1) is 13.1. The minimum atomic E-state index is -0.219. The Morgan fingerprint density at radius 1 is 1.30 bits per heavy atom. The number of methoxy groups -OCH3 is 1. The molecule has 0 bridgehead atoms. The largest absolute Gasteiger partial charge is 0.497 e. The second-order valence-electron chi connectivity index (χ2n) is 6.95. The summed E-state index contributed by atoms with van der Waals surface area (Å²) in [4.78, 5) is 26.3. The van der Waals surface area contributed by atoms with E-state index in [9.17, 15) is 9.59 Å². The third-order valence-electron chi connectivity index (χ3n) is 5.20. The summed E-state index contributed by atoms with van der Waals surface area (Å²) in [5, 5.41) is 11.9. The maximum atomic E-state index is 12.9. The molecular weight excluding hydrogens is 342 g/mol. The Morgan fingerprint density at radius 3 is 2.78 bits per heavy atom. The van der Waals surface area contributed by atoms with Crippen LogP contribution in [0, 0.1) is 17.2 Å². The first-order valence-corrected chi connectivity index (χ1v) is 8.87. The highest BCUT2D eigenvalue weighted by molar-refractivity contribution is 6.10. The summed E-state index contributed by atoms with van der Waals surface area (Å²) in [6.45, 7) is -0.0133. The van der Waals surface area contributed by atoms with E-state index in [1.165, 1.54) is 10.5 Å². The molecule has 0 unspecified atom stereocenters. The van der Waals surface area contributed by atoms with Crippen molar-refractivity contribution in [1.29, 1.82) is 5.26 Å². The Kier molecular flexibility index (Phi) is 4.28. The lowest BCUT2D eigenvalue weighted by molar-refractivity contribution is -0.122. The average Bonchev–Trinajstić information content (AvgIpc) is 3.46. The zero-order valence-electron chi connectivity index (χ0n) is 14.9. The summed E-state index contributed by atoms with van der Waals surface area (Å²) in [5.41, 5.74) is 2.84. The fourth-order valence-electron chi connectivity index (χ4n) is 3.64. The van der Waals surface area contributed by atoms with Gasteiger partial charge in [0.1, 0.15) is 12.3 Å². The minimum absolute atomic E-state index is 0.0133. The molecule has 27 heavy (non-hydrogen) atoms. The molecule has 6 heteroatoms. The van der Waals surface area contributed by atoms with Gasteiger partial charge in [0.05, 0.1) is 30.1 Å². The van der Waals surface area contributed by atoms with Gasteiger partial charge in [0.15, 0.2) is 0 Å². The van der Waals surface area contributed by atoms with Crippen molar-refractivity contribution in [2.24, 2.45) is 5.92 Å². The highest BCUT2D eigenvalue weighted by Gasteiger charge is 2.41. The van der Waals surface area contributed by atoms with Crippen LogP contribution in [0.5, 0.6) is 5.75 Å². The van der Waals surface area contributed by atoms with E-state index < -0.39 is 0 Å². The van der Waals surface area contributed by atoms with Crippen molar-refractivity contribution in [2.75, 3.05) is 23.9 Å². The number of nitrogens with zero attached hydrogens (tertiary/aromatic N) is 2. The predicted octanol–water partition coefficient (Wildman–Crippen LogP) is 3.05. The van der Waals surface area contributed by atoms with Crippen LogP contribution >= 0.6 is 0 Å². The zero-order valence-corrected chi connectivity index (χ0v) is 14.9. The fourth-order valence-corrected chi connectivity index (χ4v) is 3.64. The Balaban J connectivity index is 1.48. The molecule has 0 spiro atoms. The Bertz CT molecular complexity index is 946. The van der Waals surface area contributed by atoms with E-state index in [0.717, 1.165) is 12.2 Å². The van der Waals surface area contributed by atoms with Crippen LogP contribution in [0.15, 0.2) is 42.5 Å². The normalized spacial score (nSPS) is 20.3. The van der Waals surface area contributed by atoms with Crippen LogP contribution in [0.1, 0.15) is 29.9 Å². The standard InChI is InChI=1S/C21H19N3O3/c1-27-16-5-3-14(4-6-16)17-9-15(17)10-21(26)24-12-20(25)23-18-7-2-13(11-22)8-19(18)24/h2-8,15,17H,9-10,12H2,1H3,(H,23,25)/t15-,17-/m0/s1. The molecule has 1 saturated carbocycles.